The van der Waals surface area contributed by atoms with Gasteiger partial charge in [-0.2, -0.15) is 0 Å². The smallest absolute Gasteiger partial charge is 0.196 e. The minimum absolute atomic E-state index is 0.0417. The lowest BCUT2D eigenvalue weighted by atomic mass is 10.0. The largest absolute Gasteiger partial charge is 0.489 e. The van der Waals surface area contributed by atoms with E-state index in [0.29, 0.717) is 28.2 Å². The van der Waals surface area contributed by atoms with E-state index in [0.717, 1.165) is 28.0 Å². The average molecular weight is 498 g/mol. The maximum absolute atomic E-state index is 13.1. The van der Waals surface area contributed by atoms with E-state index in [4.69, 9.17) is 13.9 Å². The number of aliphatic hydroxyl groups excluding tert-OH is 1. The Morgan fingerprint density at radius 2 is 1.78 bits per heavy atom. The maximum atomic E-state index is 13.1. The van der Waals surface area contributed by atoms with Crippen molar-refractivity contribution in [1.29, 1.82) is 0 Å². The van der Waals surface area contributed by atoms with Crippen LogP contribution in [0.2, 0.25) is 0 Å². The first-order valence-corrected chi connectivity index (χ1v) is 12.2. The second kappa shape index (κ2) is 11.7. The highest BCUT2D eigenvalue weighted by molar-refractivity contribution is 5.85. The van der Waals surface area contributed by atoms with E-state index in [2.05, 4.69) is 11.7 Å². The Morgan fingerprint density at radius 3 is 2.49 bits per heavy atom. The summed E-state index contributed by atoms with van der Waals surface area (Å²) in [6.07, 6.45) is 1.98. The van der Waals surface area contributed by atoms with Gasteiger partial charge in [0.25, 0.3) is 0 Å². The van der Waals surface area contributed by atoms with Crippen molar-refractivity contribution in [3.05, 3.63) is 105 Å². The Bertz CT molecular complexity index is 1500. The molecule has 37 heavy (non-hydrogen) atoms. The summed E-state index contributed by atoms with van der Waals surface area (Å²) >= 11 is 0. The molecule has 0 aliphatic carbocycles. The van der Waals surface area contributed by atoms with Gasteiger partial charge in [-0.1, -0.05) is 62.4 Å². The summed E-state index contributed by atoms with van der Waals surface area (Å²) in [6, 6.07) is 20.2. The molecule has 190 valence electrons. The van der Waals surface area contributed by atoms with E-state index in [1.807, 2.05) is 75.4 Å². The van der Waals surface area contributed by atoms with Crippen molar-refractivity contribution in [2.24, 2.45) is 4.99 Å². The molecule has 1 heterocycles. The minimum atomic E-state index is -0.179. The predicted octanol–water partition coefficient (Wildman–Crippen LogP) is 6.80. The molecule has 0 saturated heterocycles. The number of nitrogens with zero attached hydrogens (tertiary/aromatic N) is 1. The van der Waals surface area contributed by atoms with Crippen LogP contribution in [0, 0.1) is 0 Å². The molecule has 0 fully saturated rings. The summed E-state index contributed by atoms with van der Waals surface area (Å²) in [5.74, 6) is 1.50. The van der Waals surface area contributed by atoms with Gasteiger partial charge in [-0.05, 0) is 36.4 Å². The Labute approximate surface area is 216 Å². The zero-order valence-corrected chi connectivity index (χ0v) is 21.4. The van der Waals surface area contributed by atoms with Crippen LogP contribution in [0.25, 0.3) is 16.5 Å². The molecule has 4 aromatic rings. The van der Waals surface area contributed by atoms with Crippen LogP contribution in [-0.4, -0.2) is 18.4 Å². The summed E-state index contributed by atoms with van der Waals surface area (Å²) in [7, 11) is 0. The fraction of sp³-hybridized carbons (Fsp3) is 0.226. The molecule has 0 amide bonds. The molecule has 0 atom stereocenters. The molecule has 0 radical (unpaired) electrons. The van der Waals surface area contributed by atoms with Crippen molar-refractivity contribution in [1.82, 2.24) is 0 Å². The molecule has 4 rings (SSSR count). The second-order valence-corrected chi connectivity index (χ2v) is 8.96. The molecular formula is C31H31NO5. The Kier molecular flexibility index (Phi) is 8.21. The van der Waals surface area contributed by atoms with Crippen molar-refractivity contribution in [3.8, 4) is 11.5 Å². The van der Waals surface area contributed by atoms with Crippen LogP contribution < -0.4 is 14.9 Å². The molecule has 0 saturated carbocycles. The second-order valence-electron chi connectivity index (χ2n) is 8.96. The van der Waals surface area contributed by atoms with Crippen LogP contribution >= 0.6 is 0 Å². The third kappa shape index (κ3) is 5.81. The maximum Gasteiger partial charge on any atom is 0.196 e. The van der Waals surface area contributed by atoms with E-state index in [-0.39, 0.29) is 31.2 Å². The van der Waals surface area contributed by atoms with Crippen LogP contribution in [0.5, 0.6) is 11.5 Å². The third-order valence-electron chi connectivity index (χ3n) is 6.19. The van der Waals surface area contributed by atoms with Gasteiger partial charge < -0.3 is 19.0 Å². The number of hydrogen-bond acceptors (Lipinski definition) is 6. The third-order valence-corrected chi connectivity index (χ3v) is 6.19. The Balaban J connectivity index is 1.71. The van der Waals surface area contributed by atoms with Crippen molar-refractivity contribution >= 4 is 28.9 Å². The Morgan fingerprint density at radius 1 is 1.05 bits per heavy atom. The van der Waals surface area contributed by atoms with E-state index >= 15 is 0 Å². The normalized spacial score (nSPS) is 11.6. The summed E-state index contributed by atoms with van der Waals surface area (Å²) in [4.78, 5) is 17.2. The summed E-state index contributed by atoms with van der Waals surface area (Å²) < 4.78 is 18.4. The van der Waals surface area contributed by atoms with Crippen molar-refractivity contribution in [3.63, 3.8) is 0 Å². The quantitative estimate of drug-likeness (QED) is 0.244. The van der Waals surface area contributed by atoms with Gasteiger partial charge in [-0.25, -0.2) is 0 Å². The van der Waals surface area contributed by atoms with Gasteiger partial charge in [0.2, 0.25) is 0 Å². The highest BCUT2D eigenvalue weighted by Crippen LogP contribution is 2.33. The molecular weight excluding hydrogens is 466 g/mol. The van der Waals surface area contributed by atoms with Crippen molar-refractivity contribution in [2.45, 2.75) is 39.9 Å². The number of ether oxygens (including phenoxy) is 2. The highest BCUT2D eigenvalue weighted by atomic mass is 16.5. The SMILES string of the molecule is C=Nc1ccccc1/C(=C\C)COc1cc(OCc2ccccc2CO)c2c(=O)cc(C(C)C)oc2c1. The highest BCUT2D eigenvalue weighted by Gasteiger charge is 2.16. The number of allylic oxidation sites excluding steroid dienone is 1. The fourth-order valence-electron chi connectivity index (χ4n) is 4.10. The molecule has 0 aliphatic heterocycles. The molecule has 0 bridgehead atoms. The summed E-state index contributed by atoms with van der Waals surface area (Å²) in [5, 5.41) is 10.0. The zero-order chi connectivity index (χ0) is 26.4. The molecule has 3 aromatic carbocycles. The topological polar surface area (TPSA) is 81.3 Å². The fourth-order valence-corrected chi connectivity index (χ4v) is 4.10. The van der Waals surface area contributed by atoms with Gasteiger partial charge in [0.15, 0.2) is 5.43 Å². The van der Waals surface area contributed by atoms with Crippen LogP contribution in [-0.2, 0) is 13.2 Å². The van der Waals surface area contributed by atoms with Gasteiger partial charge in [-0.3, -0.25) is 9.79 Å². The lowest BCUT2D eigenvalue weighted by molar-refractivity contribution is 0.269. The lowest BCUT2D eigenvalue weighted by Crippen LogP contribution is -2.08. The number of rotatable bonds is 10. The number of fused-ring (bicyclic) bond motifs is 1. The number of aliphatic imine (C=N–C) groups is 1. The summed E-state index contributed by atoms with van der Waals surface area (Å²) in [5.41, 5.74) is 4.47. The van der Waals surface area contributed by atoms with Crippen LogP contribution in [0.15, 0.2) is 87.0 Å². The standard InChI is InChI=1S/C31H31NO5/c1-5-21(25-12-8-9-13-26(25)32-4)18-35-24-14-29(36-19-23-11-7-6-10-22(23)17-33)31-27(34)16-28(20(2)3)37-30(31)15-24/h5-16,20,33H,4,17-19H2,1-3H3/b21-5-. The van der Waals surface area contributed by atoms with Gasteiger partial charge in [-0.15, -0.1) is 0 Å². The van der Waals surface area contributed by atoms with Crippen molar-refractivity contribution < 1.29 is 19.0 Å². The first-order chi connectivity index (χ1) is 17.9. The Hall–Kier alpha value is -4.16. The van der Waals surface area contributed by atoms with Gasteiger partial charge in [0, 0.05) is 29.7 Å². The molecule has 6 nitrogen and oxygen atoms in total. The summed E-state index contributed by atoms with van der Waals surface area (Å²) in [6.45, 7) is 9.90. The lowest BCUT2D eigenvalue weighted by Gasteiger charge is -2.16. The van der Waals surface area contributed by atoms with E-state index < -0.39 is 0 Å². The number of benzene rings is 3. The average Bonchev–Trinajstić information content (AvgIpc) is 2.92. The van der Waals surface area contributed by atoms with Crippen molar-refractivity contribution in [2.75, 3.05) is 6.61 Å². The molecule has 1 aromatic heterocycles. The van der Waals surface area contributed by atoms with Gasteiger partial charge >= 0.3 is 0 Å². The molecule has 0 unspecified atom stereocenters. The van der Waals surface area contributed by atoms with Crippen LogP contribution in [0.3, 0.4) is 0 Å². The van der Waals surface area contributed by atoms with E-state index in [9.17, 15) is 9.90 Å². The van der Waals surface area contributed by atoms with Gasteiger partial charge in [0.05, 0.1) is 12.3 Å². The van der Waals surface area contributed by atoms with Crippen LogP contribution in [0.1, 0.15) is 49.1 Å². The molecule has 1 N–H and O–H groups in total. The molecule has 0 spiro atoms. The first kappa shape index (κ1) is 25.9. The number of aliphatic hydroxyl groups is 1. The monoisotopic (exact) mass is 497 g/mol. The van der Waals surface area contributed by atoms with E-state index in [1.54, 1.807) is 12.1 Å². The van der Waals surface area contributed by atoms with E-state index in [1.165, 1.54) is 6.07 Å². The predicted molar refractivity (Wildman–Crippen MR) is 148 cm³/mol. The molecule has 0 aliphatic rings. The minimum Gasteiger partial charge on any atom is -0.489 e. The van der Waals surface area contributed by atoms with Crippen LogP contribution in [0.4, 0.5) is 5.69 Å². The first-order valence-electron chi connectivity index (χ1n) is 12.2. The van der Waals surface area contributed by atoms with Gasteiger partial charge in [0.1, 0.15) is 41.4 Å². The number of hydrogen-bond donors (Lipinski definition) is 1. The molecule has 6 heteroatoms. The number of para-hydroxylation sites is 1. The zero-order valence-electron chi connectivity index (χ0n) is 21.4.